The van der Waals surface area contributed by atoms with Crippen LogP contribution in [0.4, 0.5) is 4.79 Å². The molecular formula is C16H22N2O5S. The average molecular weight is 354 g/mol. The van der Waals surface area contributed by atoms with Crippen molar-refractivity contribution in [2.75, 3.05) is 26.0 Å². The maximum Gasteiger partial charge on any atom is 0.407 e. The molecule has 0 spiro atoms. The van der Waals surface area contributed by atoms with E-state index in [0.717, 1.165) is 19.1 Å². The molecule has 0 aliphatic carbocycles. The van der Waals surface area contributed by atoms with E-state index in [4.69, 9.17) is 4.74 Å². The molecule has 1 saturated heterocycles. The molecule has 2 rings (SSSR count). The van der Waals surface area contributed by atoms with Crippen molar-refractivity contribution in [3.05, 3.63) is 29.8 Å². The minimum Gasteiger partial charge on any atom is -0.450 e. The number of carbonyl (C=O) groups is 2. The number of nitrogens with zero attached hydrogens (tertiary/aromatic N) is 1. The molecule has 1 aromatic rings. The Hall–Kier alpha value is -2.09. The van der Waals surface area contributed by atoms with Crippen LogP contribution in [0.3, 0.4) is 0 Å². The van der Waals surface area contributed by atoms with Crippen molar-refractivity contribution in [1.29, 1.82) is 0 Å². The largest absolute Gasteiger partial charge is 0.450 e. The van der Waals surface area contributed by atoms with E-state index < -0.39 is 15.9 Å². The highest BCUT2D eigenvalue weighted by atomic mass is 32.2. The van der Waals surface area contributed by atoms with Crippen LogP contribution in [-0.2, 0) is 14.6 Å². The van der Waals surface area contributed by atoms with E-state index in [1.54, 1.807) is 11.8 Å². The lowest BCUT2D eigenvalue weighted by Gasteiger charge is -2.33. The molecule has 0 radical (unpaired) electrons. The SMILES string of the molecule is CCOC(=O)N[C@H]1CCCN(C(=O)c2ccc(S(C)(=O)=O)cc2)C1. The molecule has 0 saturated carbocycles. The van der Waals surface area contributed by atoms with Crippen molar-refractivity contribution >= 4 is 21.8 Å². The van der Waals surface area contributed by atoms with Crippen LogP contribution in [0.5, 0.6) is 0 Å². The summed E-state index contributed by atoms with van der Waals surface area (Å²) in [5.74, 6) is -0.176. The van der Waals surface area contributed by atoms with Gasteiger partial charge in [-0.25, -0.2) is 13.2 Å². The standard InChI is InChI=1S/C16H22N2O5S/c1-3-23-16(20)17-13-5-4-10-18(11-13)15(19)12-6-8-14(9-7-12)24(2,21)22/h6-9,13H,3-5,10-11H2,1-2H3,(H,17,20)/t13-/m0/s1. The summed E-state index contributed by atoms with van der Waals surface area (Å²) in [5.41, 5.74) is 0.430. The summed E-state index contributed by atoms with van der Waals surface area (Å²) in [5, 5.41) is 2.75. The van der Waals surface area contributed by atoms with Crippen LogP contribution < -0.4 is 5.32 Å². The predicted molar refractivity (Wildman–Crippen MR) is 88.6 cm³/mol. The maximum atomic E-state index is 12.6. The number of hydrogen-bond acceptors (Lipinski definition) is 5. The molecule has 1 aliphatic heterocycles. The molecule has 24 heavy (non-hydrogen) atoms. The number of ether oxygens (including phenoxy) is 1. The minimum atomic E-state index is -3.28. The molecule has 132 valence electrons. The molecule has 7 nitrogen and oxygen atoms in total. The van der Waals surface area contributed by atoms with Crippen molar-refractivity contribution in [3.63, 3.8) is 0 Å². The highest BCUT2D eigenvalue weighted by molar-refractivity contribution is 7.90. The number of carbonyl (C=O) groups excluding carboxylic acids is 2. The second-order valence-corrected chi connectivity index (χ2v) is 7.77. The number of amides is 2. The van der Waals surface area contributed by atoms with Gasteiger partial charge in [0.2, 0.25) is 0 Å². The fraction of sp³-hybridized carbons (Fsp3) is 0.500. The molecule has 1 aliphatic rings. The zero-order valence-corrected chi connectivity index (χ0v) is 14.6. The molecule has 8 heteroatoms. The van der Waals surface area contributed by atoms with Crippen LogP contribution >= 0.6 is 0 Å². The molecule has 1 atom stereocenters. The minimum absolute atomic E-state index is 0.142. The molecule has 2 amide bonds. The molecular weight excluding hydrogens is 332 g/mol. The lowest BCUT2D eigenvalue weighted by atomic mass is 10.0. The van der Waals surface area contributed by atoms with Gasteiger partial charge in [-0.1, -0.05) is 0 Å². The van der Waals surface area contributed by atoms with E-state index >= 15 is 0 Å². The van der Waals surface area contributed by atoms with Crippen molar-refractivity contribution in [1.82, 2.24) is 10.2 Å². The number of benzene rings is 1. The second kappa shape index (κ2) is 7.65. The Labute approximate surface area is 141 Å². The average Bonchev–Trinajstić information content (AvgIpc) is 2.54. The Morgan fingerprint density at radius 1 is 1.29 bits per heavy atom. The Balaban J connectivity index is 2.02. The van der Waals surface area contributed by atoms with Crippen LogP contribution in [-0.4, -0.2) is 57.3 Å². The highest BCUT2D eigenvalue weighted by Gasteiger charge is 2.26. The first kappa shape index (κ1) is 18.3. The lowest BCUT2D eigenvalue weighted by molar-refractivity contribution is 0.0686. The number of sulfone groups is 1. The molecule has 1 heterocycles. The second-order valence-electron chi connectivity index (χ2n) is 5.75. The normalized spacial score (nSPS) is 18.1. The van der Waals surface area contributed by atoms with Gasteiger partial charge in [0, 0.05) is 31.0 Å². The van der Waals surface area contributed by atoms with Gasteiger partial charge in [-0.15, -0.1) is 0 Å². The van der Waals surface area contributed by atoms with E-state index in [2.05, 4.69) is 5.32 Å². The molecule has 1 aromatic carbocycles. The zero-order valence-electron chi connectivity index (χ0n) is 13.8. The van der Waals surface area contributed by atoms with Crippen LogP contribution in [0.25, 0.3) is 0 Å². The highest BCUT2D eigenvalue weighted by Crippen LogP contribution is 2.16. The van der Waals surface area contributed by atoms with Gasteiger partial charge in [0.15, 0.2) is 9.84 Å². The lowest BCUT2D eigenvalue weighted by Crippen LogP contribution is -2.49. The van der Waals surface area contributed by atoms with Crippen molar-refractivity contribution in [2.24, 2.45) is 0 Å². The smallest absolute Gasteiger partial charge is 0.407 e. The van der Waals surface area contributed by atoms with Gasteiger partial charge in [0.1, 0.15) is 0 Å². The Bertz CT molecular complexity index is 700. The Morgan fingerprint density at radius 2 is 1.96 bits per heavy atom. The summed E-state index contributed by atoms with van der Waals surface area (Å²) in [4.78, 5) is 25.9. The van der Waals surface area contributed by atoms with E-state index in [1.165, 1.54) is 24.3 Å². The van der Waals surface area contributed by atoms with Crippen LogP contribution in [0.15, 0.2) is 29.2 Å². The molecule has 1 N–H and O–H groups in total. The quantitative estimate of drug-likeness (QED) is 0.883. The van der Waals surface area contributed by atoms with Crippen molar-refractivity contribution in [3.8, 4) is 0 Å². The first-order valence-corrected chi connectivity index (χ1v) is 9.73. The number of nitrogens with one attached hydrogen (secondary N) is 1. The van der Waals surface area contributed by atoms with Gasteiger partial charge < -0.3 is 15.0 Å². The number of rotatable bonds is 4. The summed E-state index contributed by atoms with van der Waals surface area (Å²) in [6.45, 7) is 3.05. The fourth-order valence-corrected chi connectivity index (χ4v) is 3.28. The monoisotopic (exact) mass is 354 g/mol. The van der Waals surface area contributed by atoms with Crippen LogP contribution in [0, 0.1) is 0 Å². The van der Waals surface area contributed by atoms with Crippen LogP contribution in [0.1, 0.15) is 30.1 Å². The summed E-state index contributed by atoms with van der Waals surface area (Å²) in [6, 6.07) is 5.75. The Kier molecular flexibility index (Phi) is 5.82. The van der Waals surface area contributed by atoms with E-state index in [0.29, 0.717) is 25.3 Å². The number of piperidine rings is 1. The third-order valence-electron chi connectivity index (χ3n) is 3.84. The van der Waals surface area contributed by atoms with Crippen molar-refractivity contribution in [2.45, 2.75) is 30.7 Å². The van der Waals surface area contributed by atoms with Crippen molar-refractivity contribution < 1.29 is 22.7 Å². The molecule has 1 fully saturated rings. The predicted octanol–water partition coefficient (Wildman–Crippen LogP) is 1.44. The van der Waals surface area contributed by atoms with Gasteiger partial charge in [-0.3, -0.25) is 4.79 Å². The van der Waals surface area contributed by atoms with E-state index in [1.807, 2.05) is 0 Å². The molecule has 0 bridgehead atoms. The fourth-order valence-electron chi connectivity index (χ4n) is 2.65. The number of hydrogen-bond donors (Lipinski definition) is 1. The van der Waals surface area contributed by atoms with Gasteiger partial charge in [-0.2, -0.15) is 0 Å². The first-order chi connectivity index (χ1) is 11.3. The number of alkyl carbamates (subject to hydrolysis) is 1. The van der Waals surface area contributed by atoms with Gasteiger partial charge in [0.25, 0.3) is 5.91 Å². The third kappa shape index (κ3) is 4.70. The summed E-state index contributed by atoms with van der Waals surface area (Å²) in [6.07, 6.45) is 2.22. The topological polar surface area (TPSA) is 92.8 Å². The molecule has 0 unspecified atom stereocenters. The van der Waals surface area contributed by atoms with Gasteiger partial charge >= 0.3 is 6.09 Å². The first-order valence-electron chi connectivity index (χ1n) is 7.84. The van der Waals surface area contributed by atoms with Gasteiger partial charge in [0.05, 0.1) is 11.5 Å². The Morgan fingerprint density at radius 3 is 2.54 bits per heavy atom. The zero-order chi connectivity index (χ0) is 17.7. The summed E-state index contributed by atoms with van der Waals surface area (Å²) < 4.78 is 27.8. The van der Waals surface area contributed by atoms with E-state index in [-0.39, 0.29) is 16.8 Å². The third-order valence-corrected chi connectivity index (χ3v) is 4.96. The van der Waals surface area contributed by atoms with Gasteiger partial charge in [-0.05, 0) is 44.0 Å². The number of likely N-dealkylation sites (tertiary alicyclic amines) is 1. The molecule has 0 aromatic heterocycles. The summed E-state index contributed by atoms with van der Waals surface area (Å²) in [7, 11) is -3.28. The maximum absolute atomic E-state index is 12.6. The van der Waals surface area contributed by atoms with E-state index in [9.17, 15) is 18.0 Å². The summed E-state index contributed by atoms with van der Waals surface area (Å²) >= 11 is 0. The van der Waals surface area contributed by atoms with Crippen LogP contribution in [0.2, 0.25) is 0 Å².